The van der Waals surface area contributed by atoms with Crippen molar-refractivity contribution in [2.24, 2.45) is 0 Å². The SMILES string of the molecule is [Pt+2].[c-]1c(Oc2nccc3ccccc23)cccc1-c1[c-]c2c(cc1)c1ccccc1n2-c1ccccn1. The van der Waals surface area contributed by atoms with Crippen molar-refractivity contribution in [1.29, 1.82) is 0 Å². The van der Waals surface area contributed by atoms with E-state index in [1.54, 1.807) is 6.20 Å². The summed E-state index contributed by atoms with van der Waals surface area (Å²) in [7, 11) is 0. The average Bonchev–Trinajstić information content (AvgIpc) is 3.28. The van der Waals surface area contributed by atoms with Crippen molar-refractivity contribution in [3.63, 3.8) is 0 Å². The number of nitrogens with zero attached hydrogens (tertiary/aromatic N) is 3. The fourth-order valence-electron chi connectivity index (χ4n) is 4.72. The zero-order valence-corrected chi connectivity index (χ0v) is 21.8. The van der Waals surface area contributed by atoms with E-state index in [1.165, 1.54) is 5.39 Å². The molecular formula is C32H19N3OPt. The van der Waals surface area contributed by atoms with Crippen LogP contribution in [0.1, 0.15) is 0 Å². The molecule has 0 aliphatic carbocycles. The Morgan fingerprint density at radius 2 is 1.41 bits per heavy atom. The van der Waals surface area contributed by atoms with Crippen LogP contribution >= 0.6 is 0 Å². The summed E-state index contributed by atoms with van der Waals surface area (Å²) in [6, 6.07) is 41.6. The van der Waals surface area contributed by atoms with Gasteiger partial charge in [-0.05, 0) is 46.6 Å². The summed E-state index contributed by atoms with van der Waals surface area (Å²) in [5, 5.41) is 4.35. The van der Waals surface area contributed by atoms with Crippen LogP contribution in [0.2, 0.25) is 0 Å². The van der Waals surface area contributed by atoms with E-state index in [-0.39, 0.29) is 21.1 Å². The fraction of sp³-hybridized carbons (Fsp3) is 0. The molecule has 7 aromatic rings. The van der Waals surface area contributed by atoms with Gasteiger partial charge in [-0.25, -0.2) is 21.1 Å². The van der Waals surface area contributed by atoms with E-state index in [9.17, 15) is 0 Å². The number of hydrogen-bond acceptors (Lipinski definition) is 3. The van der Waals surface area contributed by atoms with Crippen LogP contribution in [0.15, 0.2) is 116 Å². The molecule has 7 rings (SSSR count). The van der Waals surface area contributed by atoms with Gasteiger partial charge >= 0.3 is 21.1 Å². The molecule has 3 heterocycles. The predicted octanol–water partition coefficient (Wildman–Crippen LogP) is 7.78. The third-order valence-electron chi connectivity index (χ3n) is 6.36. The minimum atomic E-state index is 0. The maximum atomic E-state index is 6.19. The first kappa shape index (κ1) is 23.1. The third kappa shape index (κ3) is 4.10. The Balaban J connectivity index is 0.00000252. The van der Waals surface area contributed by atoms with E-state index in [1.807, 2.05) is 66.9 Å². The van der Waals surface area contributed by atoms with Gasteiger partial charge in [-0.2, -0.15) is 24.3 Å². The molecule has 0 amide bonds. The molecule has 0 saturated carbocycles. The fourth-order valence-corrected chi connectivity index (χ4v) is 4.72. The monoisotopic (exact) mass is 656 g/mol. The molecule has 178 valence electrons. The van der Waals surface area contributed by atoms with E-state index >= 15 is 0 Å². The van der Waals surface area contributed by atoms with Gasteiger partial charge in [0, 0.05) is 29.0 Å². The number of fused-ring (bicyclic) bond motifs is 4. The number of pyridine rings is 2. The minimum absolute atomic E-state index is 0. The summed E-state index contributed by atoms with van der Waals surface area (Å²) in [5.74, 6) is 2.03. The molecule has 0 atom stereocenters. The Kier molecular flexibility index (Phi) is 6.03. The summed E-state index contributed by atoms with van der Waals surface area (Å²) in [5.41, 5.74) is 3.90. The molecule has 0 fully saturated rings. The maximum absolute atomic E-state index is 6.19. The molecular weight excluding hydrogens is 637 g/mol. The van der Waals surface area contributed by atoms with Crippen LogP contribution in [0.4, 0.5) is 0 Å². The summed E-state index contributed by atoms with van der Waals surface area (Å²) >= 11 is 0. The van der Waals surface area contributed by atoms with Crippen LogP contribution in [-0.4, -0.2) is 14.5 Å². The molecule has 0 spiro atoms. The smallest absolute Gasteiger partial charge is 0.459 e. The molecule has 0 aliphatic heterocycles. The van der Waals surface area contributed by atoms with Gasteiger partial charge in [0.1, 0.15) is 5.82 Å². The second-order valence-corrected chi connectivity index (χ2v) is 8.54. The molecule has 37 heavy (non-hydrogen) atoms. The van der Waals surface area contributed by atoms with Gasteiger partial charge in [-0.15, -0.1) is 18.2 Å². The molecule has 4 nitrogen and oxygen atoms in total. The Hall–Kier alpha value is -4.27. The molecule has 0 aliphatic rings. The van der Waals surface area contributed by atoms with E-state index in [0.29, 0.717) is 11.6 Å². The normalized spacial score (nSPS) is 11.0. The largest absolute Gasteiger partial charge is 2.00 e. The van der Waals surface area contributed by atoms with Crippen LogP contribution in [-0.2, 0) is 21.1 Å². The first-order chi connectivity index (χ1) is 17.8. The quantitative estimate of drug-likeness (QED) is 0.182. The van der Waals surface area contributed by atoms with Gasteiger partial charge in [-0.1, -0.05) is 47.9 Å². The summed E-state index contributed by atoms with van der Waals surface area (Å²) in [4.78, 5) is 9.07. The van der Waals surface area contributed by atoms with Crippen LogP contribution in [0, 0.1) is 12.1 Å². The Bertz CT molecular complexity index is 1870. The van der Waals surface area contributed by atoms with Gasteiger partial charge in [0.25, 0.3) is 0 Å². The number of benzene rings is 4. The van der Waals surface area contributed by atoms with E-state index in [4.69, 9.17) is 4.74 Å². The number of ether oxygens (including phenoxy) is 1. The Morgan fingerprint density at radius 3 is 2.30 bits per heavy atom. The number of hydrogen-bond donors (Lipinski definition) is 0. The summed E-state index contributed by atoms with van der Waals surface area (Å²) < 4.78 is 8.35. The maximum Gasteiger partial charge on any atom is 2.00 e. The molecule has 0 saturated heterocycles. The van der Waals surface area contributed by atoms with Gasteiger partial charge in [0.2, 0.25) is 5.88 Å². The summed E-state index contributed by atoms with van der Waals surface area (Å²) in [6.45, 7) is 0. The minimum Gasteiger partial charge on any atom is -0.459 e. The third-order valence-corrected chi connectivity index (χ3v) is 6.36. The molecule has 3 aromatic heterocycles. The van der Waals surface area contributed by atoms with Crippen molar-refractivity contribution in [1.82, 2.24) is 14.5 Å². The number of aromatic nitrogens is 3. The van der Waals surface area contributed by atoms with Crippen LogP contribution < -0.4 is 4.74 Å². The van der Waals surface area contributed by atoms with E-state index in [2.05, 4.69) is 69.1 Å². The van der Waals surface area contributed by atoms with E-state index in [0.717, 1.165) is 44.1 Å². The number of para-hydroxylation sites is 1. The van der Waals surface area contributed by atoms with Crippen LogP contribution in [0.5, 0.6) is 11.6 Å². The first-order valence-electron chi connectivity index (χ1n) is 11.8. The summed E-state index contributed by atoms with van der Waals surface area (Å²) in [6.07, 6.45) is 3.58. The van der Waals surface area contributed by atoms with Gasteiger partial charge < -0.3 is 9.30 Å². The van der Waals surface area contributed by atoms with Crippen molar-refractivity contribution in [2.45, 2.75) is 0 Å². The van der Waals surface area contributed by atoms with Gasteiger partial charge in [-0.3, -0.25) is 0 Å². The van der Waals surface area contributed by atoms with Crippen molar-refractivity contribution in [3.8, 4) is 28.6 Å². The van der Waals surface area contributed by atoms with Crippen LogP contribution in [0.3, 0.4) is 0 Å². The van der Waals surface area contributed by atoms with Gasteiger partial charge in [0.05, 0.1) is 0 Å². The van der Waals surface area contributed by atoms with Crippen molar-refractivity contribution in [3.05, 3.63) is 128 Å². The Labute approximate surface area is 228 Å². The molecule has 0 bridgehead atoms. The molecule has 4 aromatic carbocycles. The molecule has 0 unspecified atom stereocenters. The van der Waals surface area contributed by atoms with E-state index < -0.39 is 0 Å². The molecule has 5 heteroatoms. The Morgan fingerprint density at radius 1 is 0.595 bits per heavy atom. The topological polar surface area (TPSA) is 39.9 Å². The number of rotatable bonds is 4. The zero-order chi connectivity index (χ0) is 23.9. The predicted molar refractivity (Wildman–Crippen MR) is 144 cm³/mol. The first-order valence-corrected chi connectivity index (χ1v) is 11.8. The molecule has 0 N–H and O–H groups in total. The zero-order valence-electron chi connectivity index (χ0n) is 19.5. The average molecular weight is 657 g/mol. The van der Waals surface area contributed by atoms with Crippen LogP contribution in [0.25, 0.3) is 49.5 Å². The second kappa shape index (κ2) is 9.65. The van der Waals surface area contributed by atoms with Crippen molar-refractivity contribution >= 4 is 32.6 Å². The standard InChI is InChI=1S/C32H19N3O.Pt/c1-2-11-26-22(8-1)17-19-34-32(26)36-25-10-7-9-23(20-25)24-15-16-28-27-12-3-4-13-29(27)35(30(28)21-24)31-14-5-6-18-33-31;/h1-19H;/q-2;+2. The molecule has 0 radical (unpaired) electrons. The van der Waals surface area contributed by atoms with Crippen molar-refractivity contribution < 1.29 is 25.8 Å². The second-order valence-electron chi connectivity index (χ2n) is 8.54. The van der Waals surface area contributed by atoms with Gasteiger partial charge in [0.15, 0.2) is 0 Å². The van der Waals surface area contributed by atoms with Crippen molar-refractivity contribution in [2.75, 3.05) is 0 Å².